The summed E-state index contributed by atoms with van der Waals surface area (Å²) < 4.78 is 5.15. The zero-order valence-corrected chi connectivity index (χ0v) is 12.1. The van der Waals surface area contributed by atoms with Crippen LogP contribution in [-0.4, -0.2) is 31.1 Å². The second-order valence-corrected chi connectivity index (χ2v) is 5.37. The van der Waals surface area contributed by atoms with Gasteiger partial charge in [0.05, 0.1) is 6.61 Å². The van der Waals surface area contributed by atoms with Crippen molar-refractivity contribution in [2.24, 2.45) is 5.73 Å². The SMILES string of the molecule is CCC1CCCN1C(CN)c1ccc(COC)cc1. The standard InChI is InChI=1S/C16H26N2O/c1-3-15-5-4-10-18(15)16(11-17)14-8-6-13(7-9-14)12-19-2/h6-9,15-16H,3-5,10-12,17H2,1-2H3. The summed E-state index contributed by atoms with van der Waals surface area (Å²) in [4.78, 5) is 2.59. The van der Waals surface area contributed by atoms with E-state index in [0.29, 0.717) is 25.2 Å². The highest BCUT2D eigenvalue weighted by Gasteiger charge is 2.29. The topological polar surface area (TPSA) is 38.5 Å². The van der Waals surface area contributed by atoms with Crippen molar-refractivity contribution in [3.63, 3.8) is 0 Å². The van der Waals surface area contributed by atoms with Crippen molar-refractivity contribution >= 4 is 0 Å². The number of methoxy groups -OCH3 is 1. The van der Waals surface area contributed by atoms with Crippen molar-refractivity contribution in [1.29, 1.82) is 0 Å². The number of likely N-dealkylation sites (tertiary alicyclic amines) is 1. The maximum atomic E-state index is 6.03. The molecule has 1 aromatic carbocycles. The summed E-state index contributed by atoms with van der Waals surface area (Å²) in [5, 5.41) is 0. The molecule has 2 unspecified atom stereocenters. The third kappa shape index (κ3) is 3.35. The quantitative estimate of drug-likeness (QED) is 0.856. The Hall–Kier alpha value is -0.900. The van der Waals surface area contributed by atoms with E-state index in [1.807, 2.05) is 0 Å². The summed E-state index contributed by atoms with van der Waals surface area (Å²) in [7, 11) is 1.73. The monoisotopic (exact) mass is 262 g/mol. The van der Waals surface area contributed by atoms with E-state index in [2.05, 4.69) is 36.1 Å². The van der Waals surface area contributed by atoms with Crippen LogP contribution in [0, 0.1) is 0 Å². The van der Waals surface area contributed by atoms with E-state index in [9.17, 15) is 0 Å². The highest BCUT2D eigenvalue weighted by atomic mass is 16.5. The molecule has 2 N–H and O–H groups in total. The number of nitrogens with zero attached hydrogens (tertiary/aromatic N) is 1. The number of ether oxygens (including phenoxy) is 1. The molecule has 1 aromatic rings. The first kappa shape index (κ1) is 14.5. The van der Waals surface area contributed by atoms with Gasteiger partial charge in [-0.1, -0.05) is 31.2 Å². The van der Waals surface area contributed by atoms with E-state index >= 15 is 0 Å². The molecule has 106 valence electrons. The maximum Gasteiger partial charge on any atom is 0.0713 e. The Labute approximate surface area is 116 Å². The van der Waals surface area contributed by atoms with Crippen LogP contribution in [0.5, 0.6) is 0 Å². The normalized spacial score (nSPS) is 21.7. The molecule has 0 radical (unpaired) electrons. The third-order valence-electron chi connectivity index (χ3n) is 4.19. The zero-order chi connectivity index (χ0) is 13.7. The fourth-order valence-corrected chi connectivity index (χ4v) is 3.17. The van der Waals surface area contributed by atoms with Crippen LogP contribution in [-0.2, 0) is 11.3 Å². The Morgan fingerprint density at radius 3 is 2.68 bits per heavy atom. The summed E-state index contributed by atoms with van der Waals surface area (Å²) in [5.41, 5.74) is 8.59. The van der Waals surface area contributed by atoms with Crippen molar-refractivity contribution in [2.75, 3.05) is 20.2 Å². The molecular formula is C16H26N2O. The van der Waals surface area contributed by atoms with Gasteiger partial charge in [0.15, 0.2) is 0 Å². The first-order valence-electron chi connectivity index (χ1n) is 7.33. The van der Waals surface area contributed by atoms with Gasteiger partial charge in [-0.15, -0.1) is 0 Å². The summed E-state index contributed by atoms with van der Waals surface area (Å²) in [6, 6.07) is 9.78. The van der Waals surface area contributed by atoms with E-state index in [0.717, 1.165) is 0 Å². The molecule has 0 spiro atoms. The molecule has 2 rings (SSSR count). The molecule has 1 fully saturated rings. The van der Waals surface area contributed by atoms with Gasteiger partial charge < -0.3 is 10.5 Å². The molecule has 3 heteroatoms. The summed E-state index contributed by atoms with van der Waals surface area (Å²) in [5.74, 6) is 0. The fourth-order valence-electron chi connectivity index (χ4n) is 3.17. The Morgan fingerprint density at radius 2 is 2.11 bits per heavy atom. The third-order valence-corrected chi connectivity index (χ3v) is 4.19. The number of benzene rings is 1. The minimum Gasteiger partial charge on any atom is -0.380 e. The van der Waals surface area contributed by atoms with Crippen molar-refractivity contribution in [1.82, 2.24) is 4.90 Å². The van der Waals surface area contributed by atoms with Gasteiger partial charge in [-0.25, -0.2) is 0 Å². The minimum atomic E-state index is 0.365. The number of hydrogen-bond donors (Lipinski definition) is 1. The van der Waals surface area contributed by atoms with Gasteiger partial charge in [0.25, 0.3) is 0 Å². The first-order valence-corrected chi connectivity index (χ1v) is 7.33. The van der Waals surface area contributed by atoms with Crippen molar-refractivity contribution in [3.8, 4) is 0 Å². The predicted molar refractivity (Wildman–Crippen MR) is 79.0 cm³/mol. The second kappa shape index (κ2) is 7.04. The molecule has 3 nitrogen and oxygen atoms in total. The average Bonchev–Trinajstić information content (AvgIpc) is 2.90. The Kier molecular flexibility index (Phi) is 5.37. The maximum absolute atomic E-state index is 6.03. The lowest BCUT2D eigenvalue weighted by Gasteiger charge is -2.32. The Morgan fingerprint density at radius 1 is 1.37 bits per heavy atom. The van der Waals surface area contributed by atoms with Gasteiger partial charge in [0.1, 0.15) is 0 Å². The lowest BCUT2D eigenvalue weighted by Crippen LogP contribution is -2.37. The van der Waals surface area contributed by atoms with Crippen molar-refractivity contribution in [3.05, 3.63) is 35.4 Å². The first-order chi connectivity index (χ1) is 9.30. The van der Waals surface area contributed by atoms with Crippen LogP contribution >= 0.6 is 0 Å². The highest BCUT2D eigenvalue weighted by molar-refractivity contribution is 5.25. The van der Waals surface area contributed by atoms with Gasteiger partial charge >= 0.3 is 0 Å². The minimum absolute atomic E-state index is 0.365. The highest BCUT2D eigenvalue weighted by Crippen LogP contribution is 2.30. The predicted octanol–water partition coefficient (Wildman–Crippen LogP) is 2.71. The molecule has 0 saturated carbocycles. The fraction of sp³-hybridized carbons (Fsp3) is 0.625. The largest absolute Gasteiger partial charge is 0.380 e. The molecule has 1 saturated heterocycles. The lowest BCUT2D eigenvalue weighted by atomic mass is 10.0. The van der Waals surface area contributed by atoms with Crippen LogP contribution < -0.4 is 5.73 Å². The molecule has 0 amide bonds. The molecule has 0 aromatic heterocycles. The Balaban J connectivity index is 2.12. The van der Waals surface area contributed by atoms with Gasteiger partial charge in [-0.2, -0.15) is 0 Å². The zero-order valence-electron chi connectivity index (χ0n) is 12.1. The lowest BCUT2D eigenvalue weighted by molar-refractivity contribution is 0.179. The summed E-state index contributed by atoms with van der Waals surface area (Å²) in [6.45, 7) is 4.83. The molecule has 0 aliphatic carbocycles. The van der Waals surface area contributed by atoms with E-state index < -0.39 is 0 Å². The van der Waals surface area contributed by atoms with Crippen LogP contribution in [0.15, 0.2) is 24.3 Å². The summed E-state index contributed by atoms with van der Waals surface area (Å²) >= 11 is 0. The van der Waals surface area contributed by atoms with E-state index in [-0.39, 0.29) is 0 Å². The molecule has 19 heavy (non-hydrogen) atoms. The van der Waals surface area contributed by atoms with Crippen molar-refractivity contribution in [2.45, 2.75) is 44.9 Å². The number of hydrogen-bond acceptors (Lipinski definition) is 3. The molecule has 0 bridgehead atoms. The van der Waals surface area contributed by atoms with Gasteiger partial charge in [-0.05, 0) is 36.9 Å². The molecule has 1 heterocycles. The Bertz CT molecular complexity index is 377. The van der Waals surface area contributed by atoms with Crippen LogP contribution in [0.2, 0.25) is 0 Å². The van der Waals surface area contributed by atoms with Gasteiger partial charge in [0.2, 0.25) is 0 Å². The van der Waals surface area contributed by atoms with Crippen LogP contribution in [0.4, 0.5) is 0 Å². The van der Waals surface area contributed by atoms with Crippen LogP contribution in [0.3, 0.4) is 0 Å². The number of nitrogens with two attached hydrogens (primary N) is 1. The summed E-state index contributed by atoms with van der Waals surface area (Å²) in [6.07, 6.45) is 3.84. The smallest absolute Gasteiger partial charge is 0.0713 e. The number of rotatable bonds is 6. The molecule has 1 aliphatic heterocycles. The van der Waals surface area contributed by atoms with E-state index in [1.165, 1.54) is 36.9 Å². The van der Waals surface area contributed by atoms with Gasteiger partial charge in [0, 0.05) is 25.7 Å². The second-order valence-electron chi connectivity index (χ2n) is 5.37. The molecule has 1 aliphatic rings. The van der Waals surface area contributed by atoms with Crippen LogP contribution in [0.1, 0.15) is 43.4 Å². The van der Waals surface area contributed by atoms with Crippen LogP contribution in [0.25, 0.3) is 0 Å². The van der Waals surface area contributed by atoms with E-state index in [1.54, 1.807) is 7.11 Å². The van der Waals surface area contributed by atoms with Crippen molar-refractivity contribution < 1.29 is 4.74 Å². The molecule has 2 atom stereocenters. The van der Waals surface area contributed by atoms with Gasteiger partial charge in [-0.3, -0.25) is 4.90 Å². The van der Waals surface area contributed by atoms with E-state index in [4.69, 9.17) is 10.5 Å². The molecular weight excluding hydrogens is 236 g/mol. The average molecular weight is 262 g/mol.